The second-order valence-corrected chi connectivity index (χ2v) is 5.55. The first-order chi connectivity index (χ1) is 8.38. The van der Waals surface area contributed by atoms with Gasteiger partial charge in [0.25, 0.3) is 0 Å². The fourth-order valence-corrected chi connectivity index (χ4v) is 3.02. The van der Waals surface area contributed by atoms with Crippen LogP contribution in [0, 0.1) is 5.92 Å². The van der Waals surface area contributed by atoms with E-state index in [4.69, 9.17) is 4.74 Å². The topological polar surface area (TPSA) is 24.5 Å². The molecule has 3 nitrogen and oxygen atoms in total. The quantitative estimate of drug-likeness (QED) is 0.794. The fourth-order valence-electron chi connectivity index (χ4n) is 3.02. The summed E-state index contributed by atoms with van der Waals surface area (Å²) in [5.41, 5.74) is 0. The Kier molecular flexibility index (Phi) is 5.75. The maximum Gasteiger partial charge on any atom is 0.0702 e. The average Bonchev–Trinajstić information content (AvgIpc) is 2.40. The van der Waals surface area contributed by atoms with E-state index in [1.165, 1.54) is 51.7 Å². The van der Waals surface area contributed by atoms with Crippen molar-refractivity contribution >= 4 is 0 Å². The molecule has 1 N–H and O–H groups in total. The number of likely N-dealkylation sites (N-methyl/N-ethyl adjacent to an activating group) is 1. The zero-order chi connectivity index (χ0) is 11.9. The van der Waals surface area contributed by atoms with E-state index >= 15 is 0 Å². The van der Waals surface area contributed by atoms with Crippen LogP contribution in [0.3, 0.4) is 0 Å². The van der Waals surface area contributed by atoms with E-state index in [0.717, 1.165) is 25.6 Å². The largest absolute Gasteiger partial charge is 0.377 e. The molecule has 0 amide bonds. The van der Waals surface area contributed by atoms with Gasteiger partial charge in [0.1, 0.15) is 0 Å². The lowest BCUT2D eigenvalue weighted by molar-refractivity contribution is -0.00773. The molecule has 0 aromatic carbocycles. The summed E-state index contributed by atoms with van der Waals surface area (Å²) >= 11 is 0. The number of hydrogen-bond donors (Lipinski definition) is 1. The van der Waals surface area contributed by atoms with Crippen molar-refractivity contribution in [3.8, 4) is 0 Å². The fraction of sp³-hybridized carbons (Fsp3) is 1.00. The molecule has 0 aromatic heterocycles. The molecule has 2 unspecified atom stereocenters. The number of ether oxygens (including phenoxy) is 1. The van der Waals surface area contributed by atoms with E-state index in [1.54, 1.807) is 0 Å². The molecular formula is C14H28N2O. The highest BCUT2D eigenvalue weighted by molar-refractivity contribution is 4.75. The van der Waals surface area contributed by atoms with Crippen molar-refractivity contribution in [1.29, 1.82) is 0 Å². The second-order valence-electron chi connectivity index (χ2n) is 5.55. The number of nitrogens with one attached hydrogen (secondary N) is 1. The molecule has 2 fully saturated rings. The lowest BCUT2D eigenvalue weighted by Crippen LogP contribution is -2.42. The van der Waals surface area contributed by atoms with Crippen LogP contribution >= 0.6 is 0 Å². The molecule has 3 heteroatoms. The van der Waals surface area contributed by atoms with Gasteiger partial charge in [-0.25, -0.2) is 0 Å². The van der Waals surface area contributed by atoms with Gasteiger partial charge in [0, 0.05) is 19.7 Å². The van der Waals surface area contributed by atoms with Gasteiger partial charge in [0.2, 0.25) is 0 Å². The summed E-state index contributed by atoms with van der Waals surface area (Å²) in [6.45, 7) is 9.25. The molecule has 17 heavy (non-hydrogen) atoms. The van der Waals surface area contributed by atoms with Crippen molar-refractivity contribution in [2.24, 2.45) is 5.92 Å². The van der Waals surface area contributed by atoms with Gasteiger partial charge >= 0.3 is 0 Å². The molecule has 2 heterocycles. The Morgan fingerprint density at radius 1 is 1.18 bits per heavy atom. The molecule has 0 aliphatic carbocycles. The Labute approximate surface area is 106 Å². The highest BCUT2D eigenvalue weighted by atomic mass is 16.5. The number of rotatable bonds is 5. The van der Waals surface area contributed by atoms with Gasteiger partial charge in [0.05, 0.1) is 6.10 Å². The van der Waals surface area contributed by atoms with Gasteiger partial charge in [-0.2, -0.15) is 0 Å². The van der Waals surface area contributed by atoms with E-state index in [0.29, 0.717) is 6.10 Å². The van der Waals surface area contributed by atoms with Crippen LogP contribution in [0.15, 0.2) is 0 Å². The van der Waals surface area contributed by atoms with Gasteiger partial charge in [-0.1, -0.05) is 6.92 Å². The van der Waals surface area contributed by atoms with Crippen LogP contribution in [0.4, 0.5) is 0 Å². The van der Waals surface area contributed by atoms with Crippen LogP contribution in [-0.4, -0.2) is 50.3 Å². The van der Waals surface area contributed by atoms with Crippen LogP contribution in [-0.2, 0) is 4.74 Å². The standard InChI is InChI=1S/C14H28N2O/c1-2-16(11-13-6-5-8-15-10-13)12-14-7-3-4-9-17-14/h13-15H,2-12H2,1H3. The highest BCUT2D eigenvalue weighted by Crippen LogP contribution is 2.16. The zero-order valence-corrected chi connectivity index (χ0v) is 11.3. The summed E-state index contributed by atoms with van der Waals surface area (Å²) in [5, 5.41) is 3.51. The van der Waals surface area contributed by atoms with Crippen LogP contribution in [0.5, 0.6) is 0 Å². The monoisotopic (exact) mass is 240 g/mol. The van der Waals surface area contributed by atoms with Crippen LogP contribution in [0.1, 0.15) is 39.0 Å². The molecule has 0 saturated carbocycles. The van der Waals surface area contributed by atoms with E-state index < -0.39 is 0 Å². The van der Waals surface area contributed by atoms with Crippen LogP contribution < -0.4 is 5.32 Å². The van der Waals surface area contributed by atoms with E-state index in [-0.39, 0.29) is 0 Å². The minimum absolute atomic E-state index is 0.500. The van der Waals surface area contributed by atoms with Gasteiger partial charge in [0.15, 0.2) is 0 Å². The summed E-state index contributed by atoms with van der Waals surface area (Å²) in [7, 11) is 0. The first-order valence-electron chi connectivity index (χ1n) is 7.43. The van der Waals surface area contributed by atoms with Gasteiger partial charge < -0.3 is 15.0 Å². The predicted molar refractivity (Wildman–Crippen MR) is 71.3 cm³/mol. The van der Waals surface area contributed by atoms with E-state index in [9.17, 15) is 0 Å². The van der Waals surface area contributed by atoms with Crippen molar-refractivity contribution in [2.75, 3.05) is 39.3 Å². The lowest BCUT2D eigenvalue weighted by Gasteiger charge is -2.33. The van der Waals surface area contributed by atoms with Crippen LogP contribution in [0.2, 0.25) is 0 Å². The average molecular weight is 240 g/mol. The third kappa shape index (κ3) is 4.57. The third-order valence-corrected chi connectivity index (χ3v) is 4.10. The summed E-state index contributed by atoms with van der Waals surface area (Å²) in [6.07, 6.45) is 7.12. The Morgan fingerprint density at radius 3 is 2.76 bits per heavy atom. The Bertz CT molecular complexity index is 178. The summed E-state index contributed by atoms with van der Waals surface area (Å²) in [6, 6.07) is 0. The molecule has 100 valence electrons. The maximum absolute atomic E-state index is 5.84. The lowest BCUT2D eigenvalue weighted by atomic mass is 9.98. The molecule has 2 saturated heterocycles. The Hall–Kier alpha value is -0.120. The smallest absolute Gasteiger partial charge is 0.0702 e. The molecule has 0 aromatic rings. The molecule has 2 aliphatic rings. The first-order valence-corrected chi connectivity index (χ1v) is 7.43. The minimum atomic E-state index is 0.500. The molecule has 2 rings (SSSR count). The van der Waals surface area contributed by atoms with Gasteiger partial charge in [-0.05, 0) is 57.7 Å². The first kappa shape index (κ1) is 13.3. The summed E-state index contributed by atoms with van der Waals surface area (Å²) in [4.78, 5) is 2.59. The number of hydrogen-bond acceptors (Lipinski definition) is 3. The van der Waals surface area contributed by atoms with Gasteiger partial charge in [-0.3, -0.25) is 0 Å². The minimum Gasteiger partial charge on any atom is -0.377 e. The second kappa shape index (κ2) is 7.34. The van der Waals surface area contributed by atoms with E-state index in [2.05, 4.69) is 17.1 Å². The third-order valence-electron chi connectivity index (χ3n) is 4.10. The number of piperidine rings is 1. The molecule has 2 aliphatic heterocycles. The Balaban J connectivity index is 1.71. The normalized spacial score (nSPS) is 30.7. The van der Waals surface area contributed by atoms with Crippen molar-refractivity contribution in [1.82, 2.24) is 10.2 Å². The van der Waals surface area contributed by atoms with Crippen molar-refractivity contribution in [3.05, 3.63) is 0 Å². The summed E-state index contributed by atoms with van der Waals surface area (Å²) < 4.78 is 5.84. The molecular weight excluding hydrogens is 212 g/mol. The number of nitrogens with zero attached hydrogens (tertiary/aromatic N) is 1. The molecule has 0 spiro atoms. The van der Waals surface area contributed by atoms with Crippen molar-refractivity contribution < 1.29 is 4.74 Å². The van der Waals surface area contributed by atoms with E-state index in [1.807, 2.05) is 0 Å². The van der Waals surface area contributed by atoms with Gasteiger partial charge in [-0.15, -0.1) is 0 Å². The maximum atomic E-state index is 5.84. The van der Waals surface area contributed by atoms with Crippen LogP contribution in [0.25, 0.3) is 0 Å². The molecule has 0 radical (unpaired) electrons. The van der Waals surface area contributed by atoms with Crippen molar-refractivity contribution in [2.45, 2.75) is 45.1 Å². The SMILES string of the molecule is CCN(CC1CCCNC1)CC1CCCCO1. The summed E-state index contributed by atoms with van der Waals surface area (Å²) in [5.74, 6) is 0.854. The molecule has 2 atom stereocenters. The Morgan fingerprint density at radius 2 is 2.12 bits per heavy atom. The van der Waals surface area contributed by atoms with Crippen molar-refractivity contribution in [3.63, 3.8) is 0 Å². The zero-order valence-electron chi connectivity index (χ0n) is 11.3. The predicted octanol–water partition coefficient (Wildman–Crippen LogP) is 1.88. The molecule has 0 bridgehead atoms. The highest BCUT2D eigenvalue weighted by Gasteiger charge is 2.20.